The van der Waals surface area contributed by atoms with Crippen molar-refractivity contribution >= 4 is 13.6 Å². The Bertz CT molecular complexity index is 255. The molecule has 0 aromatic carbocycles. The van der Waals surface area contributed by atoms with Crippen LogP contribution in [-0.4, -0.2) is 56.2 Å². The molecule has 0 spiro atoms. The zero-order chi connectivity index (χ0) is 13.4. The van der Waals surface area contributed by atoms with Crippen LogP contribution in [0.15, 0.2) is 4.99 Å². The van der Waals surface area contributed by atoms with Crippen LogP contribution in [0.5, 0.6) is 0 Å². The Hall–Kier alpha value is -0.420. The van der Waals surface area contributed by atoms with Crippen LogP contribution in [0.1, 0.15) is 13.8 Å². The molecule has 6 nitrogen and oxygen atoms in total. The Balaban J connectivity index is 0. The van der Waals surface area contributed by atoms with Crippen molar-refractivity contribution in [3.63, 3.8) is 0 Å². The summed E-state index contributed by atoms with van der Waals surface area (Å²) in [4.78, 5) is 21.5. The van der Waals surface area contributed by atoms with Gasteiger partial charge in [-0.05, 0) is 6.92 Å². The van der Waals surface area contributed by atoms with Crippen LogP contribution in [-0.2, 0) is 4.57 Å². The molecule has 2 N–H and O–H groups in total. The molecule has 0 saturated heterocycles. The summed E-state index contributed by atoms with van der Waals surface area (Å²) < 4.78 is 10.3. The molecule has 0 radical (unpaired) electrons. The first-order valence-corrected chi connectivity index (χ1v) is 6.90. The minimum absolute atomic E-state index is 0.174. The van der Waals surface area contributed by atoms with E-state index in [1.54, 1.807) is 0 Å². The van der Waals surface area contributed by atoms with E-state index in [0.717, 1.165) is 17.0 Å². The van der Waals surface area contributed by atoms with Crippen molar-refractivity contribution in [1.82, 2.24) is 5.32 Å². The summed E-state index contributed by atoms with van der Waals surface area (Å²) in [6.45, 7) is 4.39. The molecule has 0 aliphatic heterocycles. The maximum absolute atomic E-state index is 9.58. The van der Waals surface area contributed by atoms with E-state index in [1.165, 1.54) is 6.92 Å². The van der Waals surface area contributed by atoms with Gasteiger partial charge in [0, 0.05) is 19.8 Å². The number of nitrogens with one attached hydrogen (secondary N) is 1. The van der Waals surface area contributed by atoms with Crippen molar-refractivity contribution in [1.29, 1.82) is 0 Å². The number of hydrogen-bond donors (Lipinski definition) is 2. The van der Waals surface area contributed by atoms with Crippen molar-refractivity contribution in [2.45, 2.75) is 13.8 Å². The van der Waals surface area contributed by atoms with Crippen LogP contribution < -0.4 is 10.2 Å². The highest BCUT2D eigenvalue weighted by Gasteiger charge is 2.15. The molecular weight excluding hydrogens is 229 g/mol. The number of hydrogen-bond acceptors (Lipinski definition) is 3. The van der Waals surface area contributed by atoms with Gasteiger partial charge in [0.2, 0.25) is 0 Å². The lowest BCUT2D eigenvalue weighted by Crippen LogP contribution is -2.49. The summed E-state index contributed by atoms with van der Waals surface area (Å²) in [5.74, 6) is 1.02. The second-order valence-electron chi connectivity index (χ2n) is 4.04. The Morgan fingerprint density at radius 3 is 1.88 bits per heavy atom. The summed E-state index contributed by atoms with van der Waals surface area (Å²) in [5, 5.41) is 3.19. The Labute approximate surface area is 98.1 Å². The van der Waals surface area contributed by atoms with E-state index in [-0.39, 0.29) is 6.16 Å². The van der Waals surface area contributed by atoms with E-state index in [2.05, 4.69) is 38.4 Å². The zero-order valence-electron chi connectivity index (χ0n) is 11.0. The van der Waals surface area contributed by atoms with Gasteiger partial charge in [0.15, 0.2) is 0 Å². The predicted octanol–water partition coefficient (Wildman–Crippen LogP) is -0.160. The summed E-state index contributed by atoms with van der Waals surface area (Å²) in [7, 11) is 4.18. The summed E-state index contributed by atoms with van der Waals surface area (Å²) in [6.07, 6.45) is -0.174. The number of rotatable bonds is 2. The smallest absolute Gasteiger partial charge is 0.296 e. The fourth-order valence-corrected chi connectivity index (χ4v) is 0.774. The SMILES string of the molecule is CCNC(=NC)[N+](C)(C)C.CCP(=O)([O-])O. The molecule has 0 rings (SSSR count). The largest absolute Gasteiger partial charge is 0.779 e. The van der Waals surface area contributed by atoms with E-state index in [0.29, 0.717) is 0 Å². The Morgan fingerprint density at radius 1 is 1.44 bits per heavy atom. The standard InChI is InChI=1S/C7H18N3.C2H7O3P/c1-6-9-7(8-2)10(3,4)5;1-2-6(3,4)5/h6H2,1-5H3,(H,8,9);2H2,1H3,(H2,3,4,5)/q+1;/p-1. The van der Waals surface area contributed by atoms with Gasteiger partial charge in [-0.2, -0.15) is 0 Å². The van der Waals surface area contributed by atoms with Crippen LogP contribution in [0.3, 0.4) is 0 Å². The molecule has 7 heteroatoms. The van der Waals surface area contributed by atoms with Gasteiger partial charge in [-0.3, -0.25) is 4.48 Å². The number of aliphatic imine (C=N–C) groups is 1. The fourth-order valence-electron chi connectivity index (χ4n) is 0.774. The van der Waals surface area contributed by atoms with Crippen molar-refractivity contribution in [2.24, 2.45) is 4.99 Å². The molecule has 0 fully saturated rings. The van der Waals surface area contributed by atoms with Gasteiger partial charge in [0.1, 0.15) is 7.60 Å². The maximum atomic E-state index is 9.58. The number of nitrogens with zero attached hydrogens (tertiary/aromatic N) is 2. The van der Waals surface area contributed by atoms with Crippen molar-refractivity contribution in [2.75, 3.05) is 40.9 Å². The van der Waals surface area contributed by atoms with Gasteiger partial charge >= 0.3 is 0 Å². The lowest BCUT2D eigenvalue weighted by Gasteiger charge is -2.24. The van der Waals surface area contributed by atoms with E-state index < -0.39 is 7.60 Å². The number of guanidine groups is 1. The van der Waals surface area contributed by atoms with E-state index in [4.69, 9.17) is 4.89 Å². The average molecular weight is 253 g/mol. The molecule has 1 unspecified atom stereocenters. The van der Waals surface area contributed by atoms with Crippen LogP contribution in [0.2, 0.25) is 0 Å². The molecule has 98 valence electrons. The van der Waals surface area contributed by atoms with Gasteiger partial charge in [-0.15, -0.1) is 0 Å². The lowest BCUT2D eigenvalue weighted by atomic mass is 10.6. The monoisotopic (exact) mass is 253 g/mol. The molecule has 0 heterocycles. The highest BCUT2D eigenvalue weighted by Crippen LogP contribution is 2.26. The Morgan fingerprint density at radius 2 is 1.81 bits per heavy atom. The second kappa shape index (κ2) is 7.79. The van der Waals surface area contributed by atoms with Gasteiger partial charge in [0.25, 0.3) is 5.96 Å². The van der Waals surface area contributed by atoms with Crippen molar-refractivity contribution < 1.29 is 18.8 Å². The third kappa shape index (κ3) is 11.7. The molecular formula is C9H24N3O3P. The third-order valence-corrected chi connectivity index (χ3v) is 2.38. The molecule has 0 amide bonds. The molecule has 1 atom stereocenters. The van der Waals surface area contributed by atoms with Crippen LogP contribution in [0.25, 0.3) is 0 Å². The minimum Gasteiger partial charge on any atom is -0.779 e. The first kappa shape index (κ1) is 18.0. The zero-order valence-corrected chi connectivity index (χ0v) is 11.9. The highest BCUT2D eigenvalue weighted by atomic mass is 31.2. The molecule has 0 bridgehead atoms. The third-order valence-electron chi connectivity index (χ3n) is 1.58. The van der Waals surface area contributed by atoms with Gasteiger partial charge in [0.05, 0.1) is 21.1 Å². The summed E-state index contributed by atoms with van der Waals surface area (Å²) in [5.41, 5.74) is 0. The summed E-state index contributed by atoms with van der Waals surface area (Å²) >= 11 is 0. The lowest BCUT2D eigenvalue weighted by molar-refractivity contribution is -0.779. The van der Waals surface area contributed by atoms with Gasteiger partial charge in [-0.25, -0.2) is 4.99 Å². The van der Waals surface area contributed by atoms with Gasteiger partial charge in [-0.1, -0.05) is 6.92 Å². The van der Waals surface area contributed by atoms with Crippen molar-refractivity contribution in [3.8, 4) is 0 Å². The number of quaternary nitrogens is 1. The fraction of sp³-hybridized carbons (Fsp3) is 0.889. The Kier molecular flexibility index (Phi) is 8.74. The highest BCUT2D eigenvalue weighted by molar-refractivity contribution is 7.50. The first-order valence-electron chi connectivity index (χ1n) is 5.14. The van der Waals surface area contributed by atoms with E-state index >= 15 is 0 Å². The predicted molar refractivity (Wildman–Crippen MR) is 65.4 cm³/mol. The maximum Gasteiger partial charge on any atom is 0.296 e. The molecule has 0 aliphatic carbocycles. The minimum atomic E-state index is -3.90. The second-order valence-corrected chi connectivity index (χ2v) is 5.95. The molecule has 0 saturated carbocycles. The van der Waals surface area contributed by atoms with E-state index in [9.17, 15) is 9.46 Å². The quantitative estimate of drug-likeness (QED) is 0.310. The first-order chi connectivity index (χ1) is 7.08. The molecule has 16 heavy (non-hydrogen) atoms. The normalized spacial score (nSPS) is 15.9. The van der Waals surface area contributed by atoms with E-state index in [1.807, 2.05) is 7.05 Å². The molecule has 0 aromatic rings. The molecule has 0 aliphatic rings. The van der Waals surface area contributed by atoms with Gasteiger partial charge < -0.3 is 19.7 Å². The summed E-state index contributed by atoms with van der Waals surface area (Å²) in [6, 6.07) is 0. The van der Waals surface area contributed by atoms with Crippen molar-refractivity contribution in [3.05, 3.63) is 0 Å². The van der Waals surface area contributed by atoms with Crippen LogP contribution >= 0.6 is 7.60 Å². The average Bonchev–Trinajstić information content (AvgIpc) is 2.12. The topological polar surface area (TPSA) is 84.8 Å². The van der Waals surface area contributed by atoms with Crippen LogP contribution in [0.4, 0.5) is 0 Å². The van der Waals surface area contributed by atoms with Crippen LogP contribution in [0, 0.1) is 0 Å². The molecule has 0 aromatic heterocycles.